The highest BCUT2D eigenvalue weighted by Crippen LogP contribution is 2.18. The molecule has 1 amide bonds. The molecule has 2 aromatic carbocycles. The van der Waals surface area contributed by atoms with Gasteiger partial charge in [0.25, 0.3) is 0 Å². The Balaban J connectivity index is 1.81. The van der Waals surface area contributed by atoms with Gasteiger partial charge >= 0.3 is 0 Å². The third-order valence-corrected chi connectivity index (χ3v) is 3.43. The Morgan fingerprint density at radius 2 is 1.87 bits per heavy atom. The van der Waals surface area contributed by atoms with E-state index in [-0.39, 0.29) is 24.5 Å². The molecule has 0 aliphatic heterocycles. The second-order valence-electron chi connectivity index (χ2n) is 5.37. The summed E-state index contributed by atoms with van der Waals surface area (Å²) in [6.07, 6.45) is 0.154. The molecular weight excluding hydrogens is 300 g/mol. The van der Waals surface area contributed by atoms with Crippen molar-refractivity contribution in [3.8, 4) is 5.75 Å². The number of rotatable bonds is 6. The van der Waals surface area contributed by atoms with E-state index in [1.165, 1.54) is 12.1 Å². The maximum absolute atomic E-state index is 13.6. The highest BCUT2D eigenvalue weighted by atomic mass is 19.1. The predicted molar refractivity (Wildman–Crippen MR) is 84.2 cm³/mol. The second-order valence-corrected chi connectivity index (χ2v) is 5.37. The zero-order valence-electron chi connectivity index (χ0n) is 13.1. The third kappa shape index (κ3) is 5.06. The normalized spacial score (nSPS) is 11.8. The molecule has 5 heteroatoms. The zero-order valence-corrected chi connectivity index (χ0v) is 13.1. The van der Waals surface area contributed by atoms with Gasteiger partial charge < -0.3 is 10.1 Å². The van der Waals surface area contributed by atoms with Crippen LogP contribution in [0.3, 0.4) is 0 Å². The molecule has 2 aromatic rings. The van der Waals surface area contributed by atoms with Crippen molar-refractivity contribution >= 4 is 5.91 Å². The van der Waals surface area contributed by atoms with Crippen LogP contribution in [-0.4, -0.2) is 12.5 Å². The van der Waals surface area contributed by atoms with Crippen molar-refractivity contribution < 1.29 is 18.3 Å². The molecule has 0 saturated heterocycles. The fourth-order valence-corrected chi connectivity index (χ4v) is 2.14. The smallest absolute Gasteiger partial charge is 0.223 e. The number of hydrogen-bond acceptors (Lipinski definition) is 2. The molecule has 0 bridgehead atoms. The summed E-state index contributed by atoms with van der Waals surface area (Å²) in [5.74, 6) is -0.876. The van der Waals surface area contributed by atoms with Crippen LogP contribution in [0, 0.1) is 18.6 Å². The number of aryl methyl sites for hydroxylation is 1. The van der Waals surface area contributed by atoms with Crippen molar-refractivity contribution in [2.75, 3.05) is 6.61 Å². The summed E-state index contributed by atoms with van der Waals surface area (Å²) in [6, 6.07) is 10.3. The van der Waals surface area contributed by atoms with Gasteiger partial charge in [0.1, 0.15) is 17.4 Å². The third-order valence-electron chi connectivity index (χ3n) is 3.43. The average molecular weight is 319 g/mol. The summed E-state index contributed by atoms with van der Waals surface area (Å²) in [5.41, 5.74) is 1.38. The minimum absolute atomic E-state index is 0.154. The number of nitrogens with one attached hydrogen (secondary N) is 1. The van der Waals surface area contributed by atoms with E-state index in [1.807, 2.05) is 31.2 Å². The summed E-state index contributed by atoms with van der Waals surface area (Å²) >= 11 is 0. The quantitative estimate of drug-likeness (QED) is 0.876. The van der Waals surface area contributed by atoms with Crippen LogP contribution >= 0.6 is 0 Å². The Kier molecular flexibility index (Phi) is 5.68. The van der Waals surface area contributed by atoms with Crippen LogP contribution in [-0.2, 0) is 4.79 Å². The lowest BCUT2D eigenvalue weighted by Gasteiger charge is -2.15. The maximum Gasteiger partial charge on any atom is 0.223 e. The summed E-state index contributed by atoms with van der Waals surface area (Å²) in [7, 11) is 0. The lowest BCUT2D eigenvalue weighted by Crippen LogP contribution is -2.28. The SMILES string of the molecule is Cc1ccc(OCCC(=O)N[C@H](C)c2ccc(F)cc2F)cc1. The van der Waals surface area contributed by atoms with Crippen molar-refractivity contribution in [1.82, 2.24) is 5.32 Å². The zero-order chi connectivity index (χ0) is 16.8. The first kappa shape index (κ1) is 16.9. The Morgan fingerprint density at radius 3 is 2.52 bits per heavy atom. The fourth-order valence-electron chi connectivity index (χ4n) is 2.14. The fraction of sp³-hybridized carbons (Fsp3) is 0.278. The van der Waals surface area contributed by atoms with Crippen LogP contribution in [0.1, 0.15) is 30.5 Å². The summed E-state index contributed by atoms with van der Waals surface area (Å²) in [5, 5.41) is 2.67. The molecule has 122 valence electrons. The van der Waals surface area contributed by atoms with E-state index >= 15 is 0 Å². The van der Waals surface area contributed by atoms with Crippen LogP contribution < -0.4 is 10.1 Å². The number of carbonyl (C=O) groups is 1. The number of halogens is 2. The molecule has 1 atom stereocenters. The minimum atomic E-state index is -0.672. The van der Waals surface area contributed by atoms with Crippen molar-refractivity contribution in [1.29, 1.82) is 0 Å². The Bertz CT molecular complexity index is 671. The Hall–Kier alpha value is -2.43. The van der Waals surface area contributed by atoms with Gasteiger partial charge in [-0.2, -0.15) is 0 Å². The highest BCUT2D eigenvalue weighted by Gasteiger charge is 2.14. The van der Waals surface area contributed by atoms with Crippen LogP contribution in [0.25, 0.3) is 0 Å². The highest BCUT2D eigenvalue weighted by molar-refractivity contribution is 5.76. The van der Waals surface area contributed by atoms with Gasteiger partial charge in [-0.3, -0.25) is 4.79 Å². The summed E-state index contributed by atoms with van der Waals surface area (Å²) < 4.78 is 32.0. The monoisotopic (exact) mass is 319 g/mol. The molecule has 0 fully saturated rings. The van der Waals surface area contributed by atoms with Gasteiger partial charge in [-0.05, 0) is 32.0 Å². The molecule has 3 nitrogen and oxygen atoms in total. The minimum Gasteiger partial charge on any atom is -0.493 e. The molecule has 0 unspecified atom stereocenters. The number of benzene rings is 2. The van der Waals surface area contributed by atoms with E-state index in [2.05, 4.69) is 5.32 Å². The summed E-state index contributed by atoms with van der Waals surface area (Å²) in [6.45, 7) is 3.86. The van der Waals surface area contributed by atoms with Crippen molar-refractivity contribution in [3.63, 3.8) is 0 Å². The molecule has 0 aliphatic carbocycles. The van der Waals surface area contributed by atoms with Gasteiger partial charge in [-0.1, -0.05) is 23.8 Å². The standard InChI is InChI=1S/C18H19F2NO2/c1-12-3-6-15(7-4-12)23-10-9-18(22)21-13(2)16-8-5-14(19)11-17(16)20/h3-8,11,13H,9-10H2,1-2H3,(H,21,22)/t13-/m1/s1. The first-order chi connectivity index (χ1) is 11.0. The van der Waals surface area contributed by atoms with E-state index in [1.54, 1.807) is 6.92 Å². The van der Waals surface area contributed by atoms with E-state index in [9.17, 15) is 13.6 Å². The molecule has 0 aromatic heterocycles. The molecule has 0 heterocycles. The number of hydrogen-bond donors (Lipinski definition) is 1. The topological polar surface area (TPSA) is 38.3 Å². The first-order valence-electron chi connectivity index (χ1n) is 7.39. The van der Waals surface area contributed by atoms with Crippen LogP contribution in [0.2, 0.25) is 0 Å². The predicted octanol–water partition coefficient (Wildman–Crippen LogP) is 3.92. The van der Waals surface area contributed by atoms with E-state index in [0.29, 0.717) is 5.75 Å². The van der Waals surface area contributed by atoms with E-state index in [4.69, 9.17) is 4.74 Å². The van der Waals surface area contributed by atoms with Gasteiger partial charge in [0.15, 0.2) is 0 Å². The van der Waals surface area contributed by atoms with Crippen molar-refractivity contribution in [3.05, 3.63) is 65.2 Å². The molecule has 0 saturated carbocycles. The van der Waals surface area contributed by atoms with Crippen LogP contribution in [0.15, 0.2) is 42.5 Å². The summed E-state index contributed by atoms with van der Waals surface area (Å²) in [4.78, 5) is 11.9. The second kappa shape index (κ2) is 7.72. The molecule has 0 radical (unpaired) electrons. The Labute approximate surface area is 134 Å². The lowest BCUT2D eigenvalue weighted by atomic mass is 10.1. The van der Waals surface area contributed by atoms with Crippen LogP contribution in [0.5, 0.6) is 5.75 Å². The van der Waals surface area contributed by atoms with Gasteiger partial charge in [-0.25, -0.2) is 8.78 Å². The molecule has 1 N–H and O–H groups in total. The van der Waals surface area contributed by atoms with Crippen molar-refractivity contribution in [2.45, 2.75) is 26.3 Å². The number of carbonyl (C=O) groups excluding carboxylic acids is 1. The molecule has 0 aliphatic rings. The largest absolute Gasteiger partial charge is 0.493 e. The van der Waals surface area contributed by atoms with Crippen LogP contribution in [0.4, 0.5) is 8.78 Å². The molecule has 2 rings (SSSR count). The lowest BCUT2D eigenvalue weighted by molar-refractivity contribution is -0.122. The van der Waals surface area contributed by atoms with Gasteiger partial charge in [0, 0.05) is 11.6 Å². The Morgan fingerprint density at radius 1 is 1.17 bits per heavy atom. The first-order valence-corrected chi connectivity index (χ1v) is 7.39. The molecule has 23 heavy (non-hydrogen) atoms. The van der Waals surface area contributed by atoms with Crippen molar-refractivity contribution in [2.24, 2.45) is 0 Å². The van der Waals surface area contributed by atoms with Gasteiger partial charge in [0.05, 0.1) is 19.1 Å². The van der Waals surface area contributed by atoms with Gasteiger partial charge in [-0.15, -0.1) is 0 Å². The van der Waals surface area contributed by atoms with Gasteiger partial charge in [0.2, 0.25) is 5.91 Å². The number of amides is 1. The average Bonchev–Trinajstić information content (AvgIpc) is 2.49. The van der Waals surface area contributed by atoms with E-state index in [0.717, 1.165) is 11.6 Å². The molecule has 0 spiro atoms. The maximum atomic E-state index is 13.6. The molecular formula is C18H19F2NO2. The number of ether oxygens (including phenoxy) is 1. The van der Waals surface area contributed by atoms with E-state index < -0.39 is 17.7 Å².